The highest BCUT2D eigenvalue weighted by Crippen LogP contribution is 2.28. The number of carbonyl (C=O) groups excluding carboxylic acids is 1. The number of carbonyl (C=O) groups is 1. The summed E-state index contributed by atoms with van der Waals surface area (Å²) in [6.07, 6.45) is 4.09. The molecular weight excluding hydrogens is 255 g/mol. The summed E-state index contributed by atoms with van der Waals surface area (Å²) in [5.41, 5.74) is 0.767. The van der Waals surface area contributed by atoms with Gasteiger partial charge in [-0.05, 0) is 37.0 Å². The third kappa shape index (κ3) is 3.57. The molecule has 1 aromatic rings. The molecule has 20 heavy (non-hydrogen) atoms. The van der Waals surface area contributed by atoms with Crippen LogP contribution in [0.2, 0.25) is 0 Å². The summed E-state index contributed by atoms with van der Waals surface area (Å²) in [7, 11) is 0. The van der Waals surface area contributed by atoms with Gasteiger partial charge >= 0.3 is 0 Å². The zero-order chi connectivity index (χ0) is 14.5. The number of nitrogens with zero attached hydrogens (tertiary/aromatic N) is 1. The van der Waals surface area contributed by atoms with Gasteiger partial charge in [-0.2, -0.15) is 5.26 Å². The Morgan fingerprint density at radius 3 is 3.00 bits per heavy atom. The highest BCUT2D eigenvalue weighted by Gasteiger charge is 2.24. The summed E-state index contributed by atoms with van der Waals surface area (Å²) in [4.78, 5) is 12.1. The van der Waals surface area contributed by atoms with Crippen molar-refractivity contribution < 1.29 is 9.18 Å². The van der Waals surface area contributed by atoms with Gasteiger partial charge in [0.1, 0.15) is 5.82 Å². The lowest BCUT2D eigenvalue weighted by molar-refractivity contribution is -0.126. The van der Waals surface area contributed by atoms with Crippen LogP contribution < -0.4 is 5.32 Å². The lowest BCUT2D eigenvalue weighted by Gasteiger charge is -2.25. The normalized spacial score (nSPS) is 22.1. The zero-order valence-corrected chi connectivity index (χ0v) is 11.7. The van der Waals surface area contributed by atoms with Crippen LogP contribution in [0.1, 0.15) is 43.7 Å². The monoisotopic (exact) mass is 274 g/mol. The average Bonchev–Trinajstić information content (AvgIpc) is 2.46. The van der Waals surface area contributed by atoms with E-state index in [2.05, 4.69) is 12.2 Å². The van der Waals surface area contributed by atoms with Crippen molar-refractivity contribution in [3.63, 3.8) is 0 Å². The molecule has 0 spiro atoms. The van der Waals surface area contributed by atoms with Crippen molar-refractivity contribution in [2.45, 2.75) is 39.2 Å². The maximum Gasteiger partial charge on any atom is 0.223 e. The van der Waals surface area contributed by atoms with Gasteiger partial charge in [-0.15, -0.1) is 0 Å². The Hall–Kier alpha value is -1.89. The van der Waals surface area contributed by atoms with E-state index in [9.17, 15) is 9.18 Å². The molecule has 0 saturated heterocycles. The minimum absolute atomic E-state index is 0.00156. The first-order valence-electron chi connectivity index (χ1n) is 7.06. The Bertz CT molecular complexity index is 536. The van der Waals surface area contributed by atoms with Gasteiger partial charge in [0.25, 0.3) is 0 Å². The first-order chi connectivity index (χ1) is 9.60. The van der Waals surface area contributed by atoms with Gasteiger partial charge in [0, 0.05) is 18.0 Å². The molecule has 0 radical (unpaired) electrons. The summed E-state index contributed by atoms with van der Waals surface area (Å²) < 4.78 is 13.6. The van der Waals surface area contributed by atoms with Gasteiger partial charge in [-0.3, -0.25) is 4.79 Å². The summed E-state index contributed by atoms with van der Waals surface area (Å²) in [5, 5.41) is 11.6. The first-order valence-corrected chi connectivity index (χ1v) is 7.06. The quantitative estimate of drug-likeness (QED) is 0.920. The van der Waals surface area contributed by atoms with Gasteiger partial charge in [0.05, 0.1) is 11.6 Å². The van der Waals surface area contributed by atoms with Crippen molar-refractivity contribution in [2.24, 2.45) is 11.8 Å². The van der Waals surface area contributed by atoms with Crippen LogP contribution in [0.15, 0.2) is 18.2 Å². The molecule has 1 aromatic carbocycles. The number of nitriles is 1. The standard InChI is InChI=1S/C16H19FN2O/c1-11-3-2-4-13(7-11)16(20)19-10-14-8-12(9-18)5-6-15(14)17/h5-6,8,11,13H,2-4,7,10H2,1H3,(H,19,20). The van der Waals surface area contributed by atoms with Crippen LogP contribution in [-0.2, 0) is 11.3 Å². The number of hydrogen-bond acceptors (Lipinski definition) is 2. The Morgan fingerprint density at radius 2 is 2.30 bits per heavy atom. The predicted octanol–water partition coefficient (Wildman–Crippen LogP) is 3.14. The number of amides is 1. The molecule has 2 unspecified atom stereocenters. The lowest BCUT2D eigenvalue weighted by Crippen LogP contribution is -2.33. The highest BCUT2D eigenvalue weighted by atomic mass is 19.1. The molecular formula is C16H19FN2O. The molecule has 0 bridgehead atoms. The zero-order valence-electron chi connectivity index (χ0n) is 11.7. The number of rotatable bonds is 3. The minimum atomic E-state index is -0.388. The second kappa shape index (κ2) is 6.51. The highest BCUT2D eigenvalue weighted by molar-refractivity contribution is 5.78. The Kier molecular flexibility index (Phi) is 4.73. The van der Waals surface area contributed by atoms with E-state index in [-0.39, 0.29) is 24.2 Å². The minimum Gasteiger partial charge on any atom is -0.352 e. The summed E-state index contributed by atoms with van der Waals surface area (Å²) in [6, 6.07) is 6.16. The Labute approximate surface area is 118 Å². The van der Waals surface area contributed by atoms with Crippen molar-refractivity contribution in [1.82, 2.24) is 5.32 Å². The van der Waals surface area contributed by atoms with Crippen molar-refractivity contribution in [1.29, 1.82) is 5.26 Å². The molecule has 1 saturated carbocycles. The van der Waals surface area contributed by atoms with Crippen molar-refractivity contribution in [3.05, 3.63) is 35.1 Å². The molecule has 0 aliphatic heterocycles. The molecule has 3 nitrogen and oxygen atoms in total. The number of halogens is 1. The average molecular weight is 274 g/mol. The van der Waals surface area contributed by atoms with Crippen molar-refractivity contribution in [2.75, 3.05) is 0 Å². The van der Waals surface area contributed by atoms with E-state index in [0.717, 1.165) is 19.3 Å². The van der Waals surface area contributed by atoms with E-state index in [1.165, 1.54) is 24.6 Å². The Balaban J connectivity index is 1.95. The first kappa shape index (κ1) is 14.5. The maximum atomic E-state index is 13.6. The molecule has 1 amide bonds. The van der Waals surface area contributed by atoms with Crippen LogP contribution in [0.4, 0.5) is 4.39 Å². The van der Waals surface area contributed by atoms with Gasteiger partial charge in [0.15, 0.2) is 0 Å². The summed E-state index contributed by atoms with van der Waals surface area (Å²) >= 11 is 0. The molecule has 1 N–H and O–H groups in total. The van der Waals surface area contributed by atoms with Crippen LogP contribution >= 0.6 is 0 Å². The molecule has 1 fully saturated rings. The molecule has 0 aromatic heterocycles. The Morgan fingerprint density at radius 1 is 1.50 bits per heavy atom. The predicted molar refractivity (Wildman–Crippen MR) is 74.1 cm³/mol. The van der Waals surface area contributed by atoms with Crippen LogP contribution in [-0.4, -0.2) is 5.91 Å². The fourth-order valence-corrected chi connectivity index (χ4v) is 2.78. The third-order valence-electron chi connectivity index (χ3n) is 3.94. The molecule has 0 heterocycles. The summed E-state index contributed by atoms with van der Waals surface area (Å²) in [6.45, 7) is 2.31. The van der Waals surface area contributed by atoms with Gasteiger partial charge in [-0.1, -0.05) is 19.8 Å². The van der Waals surface area contributed by atoms with E-state index in [0.29, 0.717) is 17.0 Å². The van der Waals surface area contributed by atoms with Crippen LogP contribution in [0.25, 0.3) is 0 Å². The van der Waals surface area contributed by atoms with E-state index in [4.69, 9.17) is 5.26 Å². The molecule has 1 aliphatic rings. The molecule has 4 heteroatoms. The van der Waals surface area contributed by atoms with Crippen molar-refractivity contribution in [3.8, 4) is 6.07 Å². The van der Waals surface area contributed by atoms with E-state index in [1.54, 1.807) is 0 Å². The number of benzene rings is 1. The van der Waals surface area contributed by atoms with Crippen molar-refractivity contribution >= 4 is 5.91 Å². The van der Waals surface area contributed by atoms with Crippen LogP contribution in [0.5, 0.6) is 0 Å². The fourth-order valence-electron chi connectivity index (χ4n) is 2.78. The van der Waals surface area contributed by atoms with Crippen LogP contribution in [0.3, 0.4) is 0 Å². The van der Waals surface area contributed by atoms with Crippen LogP contribution in [0, 0.1) is 29.0 Å². The number of hydrogen-bond donors (Lipinski definition) is 1. The molecule has 2 atom stereocenters. The molecule has 2 rings (SSSR count). The fraction of sp³-hybridized carbons (Fsp3) is 0.500. The molecule has 1 aliphatic carbocycles. The second-order valence-electron chi connectivity index (χ2n) is 5.60. The van der Waals surface area contributed by atoms with E-state index in [1.807, 2.05) is 6.07 Å². The lowest BCUT2D eigenvalue weighted by atomic mass is 9.82. The van der Waals surface area contributed by atoms with E-state index < -0.39 is 0 Å². The van der Waals surface area contributed by atoms with E-state index >= 15 is 0 Å². The maximum absolute atomic E-state index is 13.6. The SMILES string of the molecule is CC1CCCC(C(=O)NCc2cc(C#N)ccc2F)C1. The largest absolute Gasteiger partial charge is 0.352 e. The van der Waals surface area contributed by atoms with Gasteiger partial charge < -0.3 is 5.32 Å². The third-order valence-corrected chi connectivity index (χ3v) is 3.94. The summed E-state index contributed by atoms with van der Waals surface area (Å²) in [5.74, 6) is 0.235. The number of nitrogens with one attached hydrogen (secondary N) is 1. The topological polar surface area (TPSA) is 52.9 Å². The molecule has 106 valence electrons. The van der Waals surface area contributed by atoms with Gasteiger partial charge in [0.2, 0.25) is 5.91 Å². The van der Waals surface area contributed by atoms with Gasteiger partial charge in [-0.25, -0.2) is 4.39 Å². The smallest absolute Gasteiger partial charge is 0.223 e. The second-order valence-corrected chi connectivity index (χ2v) is 5.60.